The predicted molar refractivity (Wildman–Crippen MR) is 160 cm³/mol. The third-order valence-corrected chi connectivity index (χ3v) is 6.86. The molecule has 2 amide bonds. The molecule has 2 aromatic carbocycles. The van der Waals surface area contributed by atoms with Crippen molar-refractivity contribution in [2.45, 2.75) is 42.7 Å². The maximum absolute atomic E-state index is 12.9. The van der Waals surface area contributed by atoms with Crippen LogP contribution in [0.3, 0.4) is 0 Å². The van der Waals surface area contributed by atoms with E-state index in [-0.39, 0.29) is 44.3 Å². The molecule has 8 N–H and O–H groups in total. The second-order valence-corrected chi connectivity index (χ2v) is 10.3. The fraction of sp³-hybridized carbons (Fsp3) is 0.452. The van der Waals surface area contributed by atoms with E-state index in [0.29, 0.717) is 11.5 Å². The number of carbonyl (C=O) groups excluding carboxylic acids is 2. The first-order valence-corrected chi connectivity index (χ1v) is 14.4. The maximum atomic E-state index is 12.9. The Bertz CT molecular complexity index is 1370. The van der Waals surface area contributed by atoms with Gasteiger partial charge in [0.15, 0.2) is 0 Å². The lowest BCUT2D eigenvalue weighted by molar-refractivity contribution is -0.312. The number of hydrogen-bond acceptors (Lipinski definition) is 13. The van der Waals surface area contributed by atoms with Crippen LogP contribution in [0.5, 0.6) is 17.2 Å². The van der Waals surface area contributed by atoms with E-state index in [4.69, 9.17) is 30.1 Å². The zero-order valence-corrected chi connectivity index (χ0v) is 25.2. The van der Waals surface area contributed by atoms with E-state index < -0.39 is 73.6 Å². The van der Waals surface area contributed by atoms with Gasteiger partial charge in [0.2, 0.25) is 5.91 Å². The highest BCUT2D eigenvalue weighted by molar-refractivity contribution is 5.94. The highest BCUT2D eigenvalue weighted by Crippen LogP contribution is 2.33. The number of benzene rings is 2. The number of amides is 2. The number of carboxylic acid groups (broad SMARTS) is 1. The van der Waals surface area contributed by atoms with Gasteiger partial charge in [-0.15, -0.1) is 6.42 Å². The minimum atomic E-state index is -2.53. The van der Waals surface area contributed by atoms with Gasteiger partial charge in [-0.25, -0.2) is 4.79 Å². The lowest BCUT2D eigenvalue weighted by Gasteiger charge is -2.46. The molecular formula is C31H38N2O14. The van der Waals surface area contributed by atoms with Gasteiger partial charge < -0.3 is 65.0 Å². The summed E-state index contributed by atoms with van der Waals surface area (Å²) < 4.78 is 27.1. The fourth-order valence-electron chi connectivity index (χ4n) is 4.55. The lowest BCUT2D eigenvalue weighted by Crippen LogP contribution is -2.68. The molecule has 1 aliphatic heterocycles. The minimum absolute atomic E-state index is 0.0479. The second kappa shape index (κ2) is 18.1. The fourth-order valence-corrected chi connectivity index (χ4v) is 4.55. The number of carboxylic acids is 1. The topological polar surface area (TPSA) is 243 Å². The Morgan fingerprint density at radius 3 is 2.43 bits per heavy atom. The summed E-state index contributed by atoms with van der Waals surface area (Å²) >= 11 is 0. The molecule has 16 nitrogen and oxygen atoms in total. The molecule has 256 valence electrons. The van der Waals surface area contributed by atoms with E-state index >= 15 is 0 Å². The van der Waals surface area contributed by atoms with Crippen molar-refractivity contribution in [3.63, 3.8) is 0 Å². The number of terminal acetylenes is 1. The smallest absolute Gasteiger partial charge is 0.364 e. The first-order chi connectivity index (χ1) is 22.5. The molecule has 2 aromatic rings. The first-order valence-electron chi connectivity index (χ1n) is 14.4. The predicted octanol–water partition coefficient (Wildman–Crippen LogP) is -1.27. The second-order valence-electron chi connectivity index (χ2n) is 10.3. The summed E-state index contributed by atoms with van der Waals surface area (Å²) in [5, 5.41) is 66.1. The SMILES string of the molecule is C#CCOCCOCCO[C@]1(C(=O)O)C[C@H](O)[C@@H](NC(=O)CO)[C@H]([C@H](O)[C@H](O)CNC(=O)c2cccc(Oc3ccc(O)cc3)c2)O1. The number of rotatable bonds is 18. The summed E-state index contributed by atoms with van der Waals surface area (Å²) in [5.41, 5.74) is 0.128. The molecule has 1 aliphatic rings. The quantitative estimate of drug-likeness (QED) is 0.0686. The number of carbonyl (C=O) groups is 3. The Morgan fingerprint density at radius 1 is 1.04 bits per heavy atom. The van der Waals surface area contributed by atoms with Crippen molar-refractivity contribution in [3.05, 3.63) is 54.1 Å². The molecule has 0 aromatic heterocycles. The summed E-state index contributed by atoms with van der Waals surface area (Å²) in [6.45, 7) is -1.62. The molecule has 1 fully saturated rings. The molecule has 1 heterocycles. The van der Waals surface area contributed by atoms with Gasteiger partial charge in [-0.1, -0.05) is 12.0 Å². The number of aliphatic hydroxyl groups excluding tert-OH is 4. The number of aromatic hydroxyl groups is 1. The lowest BCUT2D eigenvalue weighted by atomic mass is 9.88. The van der Waals surface area contributed by atoms with E-state index in [1.807, 2.05) is 0 Å². The van der Waals surface area contributed by atoms with Crippen LogP contribution >= 0.6 is 0 Å². The van der Waals surface area contributed by atoms with Crippen molar-refractivity contribution in [2.75, 3.05) is 46.2 Å². The average Bonchev–Trinajstić information content (AvgIpc) is 3.06. The number of aliphatic hydroxyl groups is 4. The summed E-state index contributed by atoms with van der Waals surface area (Å²) in [6.07, 6.45) is -2.91. The molecule has 6 atom stereocenters. The Labute approximate surface area is 269 Å². The van der Waals surface area contributed by atoms with E-state index in [9.17, 15) is 45.0 Å². The van der Waals surface area contributed by atoms with Crippen molar-refractivity contribution >= 4 is 17.8 Å². The van der Waals surface area contributed by atoms with Gasteiger partial charge in [0.05, 0.1) is 44.7 Å². The van der Waals surface area contributed by atoms with Crippen LogP contribution in [0, 0.1) is 12.3 Å². The zero-order valence-electron chi connectivity index (χ0n) is 25.2. The van der Waals surface area contributed by atoms with Crippen molar-refractivity contribution in [1.29, 1.82) is 0 Å². The van der Waals surface area contributed by atoms with Crippen LogP contribution in [0.2, 0.25) is 0 Å². The van der Waals surface area contributed by atoms with Gasteiger partial charge in [-0.05, 0) is 42.5 Å². The number of phenolic OH excluding ortho intramolecular Hbond substituents is 1. The van der Waals surface area contributed by atoms with Crippen LogP contribution in [0.25, 0.3) is 0 Å². The summed E-state index contributed by atoms with van der Waals surface area (Å²) in [5.74, 6) is -2.82. The standard InChI is InChI=1S/C31H38N2O14/c1-2-10-43-11-12-44-13-14-45-31(30(41)42)16-23(36)26(33-25(38)18-34)28(47-31)27(39)24(37)17-32-29(40)19-4-3-5-22(15-19)46-21-8-6-20(35)7-9-21/h1,3-9,15,23-24,26-28,34-37,39H,10-14,16-18H2,(H,32,40)(H,33,38)(H,41,42)/t23-,24+,26+,27+,28+,31+/m0/s1. The monoisotopic (exact) mass is 662 g/mol. The minimum Gasteiger partial charge on any atom is -0.508 e. The summed E-state index contributed by atoms with van der Waals surface area (Å²) in [4.78, 5) is 37.2. The van der Waals surface area contributed by atoms with Gasteiger partial charge in [0, 0.05) is 18.5 Å². The van der Waals surface area contributed by atoms with Crippen LogP contribution in [-0.4, -0.2) is 131 Å². The van der Waals surface area contributed by atoms with E-state index in [2.05, 4.69) is 16.6 Å². The van der Waals surface area contributed by atoms with E-state index in [1.165, 1.54) is 36.4 Å². The summed E-state index contributed by atoms with van der Waals surface area (Å²) in [6, 6.07) is 10.4. The molecular weight excluding hydrogens is 624 g/mol. The Morgan fingerprint density at radius 2 is 1.74 bits per heavy atom. The van der Waals surface area contributed by atoms with Gasteiger partial charge in [0.1, 0.15) is 42.7 Å². The third kappa shape index (κ3) is 10.9. The Balaban J connectivity index is 1.67. The molecule has 0 spiro atoms. The average molecular weight is 663 g/mol. The number of nitrogens with one attached hydrogen (secondary N) is 2. The largest absolute Gasteiger partial charge is 0.508 e. The van der Waals surface area contributed by atoms with E-state index in [1.54, 1.807) is 12.1 Å². The van der Waals surface area contributed by atoms with E-state index in [0.717, 1.165) is 0 Å². The van der Waals surface area contributed by atoms with Crippen molar-refractivity contribution in [3.8, 4) is 29.6 Å². The van der Waals surface area contributed by atoms with Gasteiger partial charge in [-0.2, -0.15) is 0 Å². The van der Waals surface area contributed by atoms with Gasteiger partial charge in [0.25, 0.3) is 11.7 Å². The highest BCUT2D eigenvalue weighted by Gasteiger charge is 2.55. The molecule has 1 saturated heterocycles. The van der Waals surface area contributed by atoms with Crippen LogP contribution in [0.15, 0.2) is 48.5 Å². The van der Waals surface area contributed by atoms with Gasteiger partial charge in [-0.3, -0.25) is 9.59 Å². The normalized spacial score (nSPS) is 22.0. The molecule has 3 rings (SSSR count). The van der Waals surface area contributed by atoms with Crippen molar-refractivity contribution < 1.29 is 68.7 Å². The molecule has 47 heavy (non-hydrogen) atoms. The molecule has 0 radical (unpaired) electrons. The molecule has 0 unspecified atom stereocenters. The summed E-state index contributed by atoms with van der Waals surface area (Å²) in [7, 11) is 0. The van der Waals surface area contributed by atoms with Crippen LogP contribution in [-0.2, 0) is 28.5 Å². The first kappa shape index (κ1) is 37.2. The van der Waals surface area contributed by atoms with Crippen LogP contribution in [0.1, 0.15) is 16.8 Å². The molecule has 0 bridgehead atoms. The van der Waals surface area contributed by atoms with Gasteiger partial charge >= 0.3 is 5.97 Å². The number of phenols is 1. The van der Waals surface area contributed by atoms with Crippen molar-refractivity contribution in [2.24, 2.45) is 0 Å². The number of ether oxygens (including phenoxy) is 5. The maximum Gasteiger partial charge on any atom is 0.364 e. The Hall–Kier alpha value is -4.31. The number of hydrogen-bond donors (Lipinski definition) is 8. The third-order valence-electron chi connectivity index (χ3n) is 6.86. The van der Waals surface area contributed by atoms with Crippen molar-refractivity contribution in [1.82, 2.24) is 10.6 Å². The highest BCUT2D eigenvalue weighted by atomic mass is 16.7. The van der Waals surface area contributed by atoms with Crippen LogP contribution in [0.4, 0.5) is 0 Å². The molecule has 16 heteroatoms. The molecule has 0 aliphatic carbocycles. The Kier molecular flexibility index (Phi) is 14.3. The zero-order chi connectivity index (χ0) is 34.4. The van der Waals surface area contributed by atoms with Crippen LogP contribution < -0.4 is 15.4 Å². The molecule has 0 saturated carbocycles. The number of aliphatic carboxylic acids is 1.